The number of aliphatic imine (C=N–C) groups is 1. The molecule has 9 heteroatoms. The molecule has 1 saturated heterocycles. The second kappa shape index (κ2) is 7.32. The fourth-order valence-corrected chi connectivity index (χ4v) is 3.65. The zero-order valence-electron chi connectivity index (χ0n) is 11.0. The number of carbonyl (C=O) groups is 1. The smallest absolute Gasteiger partial charge is 0.249 e. The van der Waals surface area contributed by atoms with E-state index in [0.717, 1.165) is 6.54 Å². The summed E-state index contributed by atoms with van der Waals surface area (Å²) in [5.74, 6) is 0.444. The Morgan fingerprint density at radius 1 is 1.45 bits per heavy atom. The van der Waals surface area contributed by atoms with Crippen molar-refractivity contribution < 1.29 is 15.0 Å². The third-order valence-corrected chi connectivity index (χ3v) is 4.54. The molecule has 0 bridgehead atoms. The van der Waals surface area contributed by atoms with Crippen LogP contribution in [0.5, 0.6) is 0 Å². The minimum Gasteiger partial charge on any atom is -0.395 e. The Balaban J connectivity index is 1.99. The summed E-state index contributed by atoms with van der Waals surface area (Å²) in [5.41, 5.74) is 0. The van der Waals surface area contributed by atoms with Gasteiger partial charge in [0.15, 0.2) is 4.32 Å². The molecule has 1 atom stereocenters. The lowest BCUT2D eigenvalue weighted by molar-refractivity contribution is -0.123. The predicted octanol–water partition coefficient (Wildman–Crippen LogP) is -1.54. The van der Waals surface area contributed by atoms with Crippen molar-refractivity contribution in [2.24, 2.45) is 4.99 Å². The lowest BCUT2D eigenvalue weighted by Gasteiger charge is -2.22. The van der Waals surface area contributed by atoms with E-state index in [4.69, 9.17) is 22.4 Å². The number of aliphatic hydroxyl groups excluding tert-OH is 2. The van der Waals surface area contributed by atoms with Crippen molar-refractivity contribution in [3.05, 3.63) is 0 Å². The Morgan fingerprint density at radius 3 is 2.70 bits per heavy atom. The zero-order valence-corrected chi connectivity index (χ0v) is 12.6. The van der Waals surface area contributed by atoms with Crippen molar-refractivity contribution in [1.82, 2.24) is 15.1 Å². The van der Waals surface area contributed by atoms with Crippen molar-refractivity contribution >= 4 is 40.2 Å². The van der Waals surface area contributed by atoms with Gasteiger partial charge in [0.2, 0.25) is 11.9 Å². The first-order chi connectivity index (χ1) is 9.67. The molecule has 3 N–H and O–H groups in total. The molecule has 0 saturated carbocycles. The lowest BCUT2D eigenvalue weighted by Crippen LogP contribution is -2.45. The fraction of sp³-hybridized carbons (Fsp3) is 0.727. The molecule has 0 spiro atoms. The molecule has 2 heterocycles. The summed E-state index contributed by atoms with van der Waals surface area (Å²) in [4.78, 5) is 19.9. The highest BCUT2D eigenvalue weighted by Gasteiger charge is 2.40. The van der Waals surface area contributed by atoms with Crippen LogP contribution in [0.1, 0.15) is 0 Å². The minimum atomic E-state index is -0.314. The molecule has 2 aliphatic heterocycles. The van der Waals surface area contributed by atoms with Gasteiger partial charge in [0, 0.05) is 26.2 Å². The van der Waals surface area contributed by atoms with Gasteiger partial charge in [-0.2, -0.15) is 0 Å². The van der Waals surface area contributed by atoms with Gasteiger partial charge in [-0.1, -0.05) is 24.0 Å². The normalized spacial score (nSPS) is 22.6. The van der Waals surface area contributed by atoms with Crippen LogP contribution in [0.2, 0.25) is 0 Å². The van der Waals surface area contributed by atoms with Crippen molar-refractivity contribution in [2.75, 3.05) is 45.9 Å². The lowest BCUT2D eigenvalue weighted by atomic mass is 10.3. The van der Waals surface area contributed by atoms with E-state index in [0.29, 0.717) is 36.5 Å². The number of rotatable bonds is 6. The van der Waals surface area contributed by atoms with Gasteiger partial charge in [-0.3, -0.25) is 14.7 Å². The average molecular weight is 318 g/mol. The van der Waals surface area contributed by atoms with E-state index < -0.39 is 0 Å². The maximum atomic E-state index is 12.4. The number of carbonyl (C=O) groups excluding carboxylic acids is 1. The van der Waals surface area contributed by atoms with E-state index in [2.05, 4.69) is 10.3 Å². The minimum absolute atomic E-state index is 0.00595. The Morgan fingerprint density at radius 2 is 2.15 bits per heavy atom. The summed E-state index contributed by atoms with van der Waals surface area (Å²) in [7, 11) is 0. The number of aliphatic hydroxyl groups is 2. The first-order valence-corrected chi connectivity index (χ1v) is 7.73. The molecule has 20 heavy (non-hydrogen) atoms. The van der Waals surface area contributed by atoms with Crippen LogP contribution in [-0.2, 0) is 4.79 Å². The summed E-state index contributed by atoms with van der Waals surface area (Å²) in [5, 5.41) is 20.7. The number of guanidine groups is 1. The molecule has 0 aromatic rings. The molecule has 0 aromatic heterocycles. The monoisotopic (exact) mass is 318 g/mol. The molecule has 0 radical (unpaired) electrons. The van der Waals surface area contributed by atoms with Gasteiger partial charge in [0.05, 0.1) is 19.8 Å². The quantitative estimate of drug-likeness (QED) is 0.512. The molecular formula is C11H18N4O3S2. The number of thioether (sulfide) groups is 1. The number of hydrogen-bond donors (Lipinski definition) is 3. The molecule has 2 rings (SSSR count). The maximum absolute atomic E-state index is 12.4. The molecule has 2 aliphatic rings. The van der Waals surface area contributed by atoms with Crippen LogP contribution < -0.4 is 5.32 Å². The number of hydrogen-bond acceptors (Lipinski definition) is 8. The van der Waals surface area contributed by atoms with Crippen molar-refractivity contribution in [1.29, 1.82) is 0 Å². The first-order valence-electron chi connectivity index (χ1n) is 6.44. The number of thiocarbonyl (C=S) groups is 1. The van der Waals surface area contributed by atoms with Gasteiger partial charge in [-0.15, -0.1) is 0 Å². The Hall–Kier alpha value is -0.740. The van der Waals surface area contributed by atoms with Crippen LogP contribution in [0.3, 0.4) is 0 Å². The van der Waals surface area contributed by atoms with E-state index in [9.17, 15) is 4.79 Å². The van der Waals surface area contributed by atoms with Gasteiger partial charge < -0.3 is 15.5 Å². The van der Waals surface area contributed by atoms with Gasteiger partial charge >= 0.3 is 0 Å². The summed E-state index contributed by atoms with van der Waals surface area (Å²) in [6.07, 6.45) is 0. The van der Waals surface area contributed by atoms with Crippen LogP contribution in [0.25, 0.3) is 0 Å². The zero-order chi connectivity index (χ0) is 14.5. The van der Waals surface area contributed by atoms with Crippen LogP contribution in [-0.4, -0.2) is 87.4 Å². The third kappa shape index (κ3) is 3.47. The second-order valence-electron chi connectivity index (χ2n) is 4.43. The number of nitrogens with one attached hydrogen (secondary N) is 1. The number of amides is 1. The highest BCUT2D eigenvalue weighted by atomic mass is 32.2. The van der Waals surface area contributed by atoms with E-state index in [1.165, 1.54) is 16.7 Å². The van der Waals surface area contributed by atoms with E-state index in [1.54, 1.807) is 0 Å². The van der Waals surface area contributed by atoms with E-state index in [1.807, 2.05) is 4.90 Å². The van der Waals surface area contributed by atoms with Crippen LogP contribution in [0, 0.1) is 0 Å². The van der Waals surface area contributed by atoms with E-state index in [-0.39, 0.29) is 24.4 Å². The third-order valence-electron chi connectivity index (χ3n) is 3.05. The first kappa shape index (κ1) is 15.6. The van der Waals surface area contributed by atoms with Crippen molar-refractivity contribution in [3.8, 4) is 0 Å². The van der Waals surface area contributed by atoms with Crippen molar-refractivity contribution in [3.63, 3.8) is 0 Å². The Kier molecular flexibility index (Phi) is 5.73. The fourth-order valence-electron chi connectivity index (χ4n) is 2.11. The van der Waals surface area contributed by atoms with Crippen LogP contribution in [0.4, 0.5) is 0 Å². The second-order valence-corrected chi connectivity index (χ2v) is 6.26. The SMILES string of the molecule is O=C1C(CN(CCO)CCO)SC(=S)N1C1=NCCN1. The number of nitrogens with zero attached hydrogens (tertiary/aromatic N) is 3. The highest BCUT2D eigenvalue weighted by Crippen LogP contribution is 2.28. The van der Waals surface area contributed by atoms with Gasteiger partial charge in [0.25, 0.3) is 0 Å². The maximum Gasteiger partial charge on any atom is 0.249 e. The van der Waals surface area contributed by atoms with Crippen molar-refractivity contribution in [2.45, 2.75) is 5.25 Å². The average Bonchev–Trinajstić information content (AvgIpc) is 3.00. The van der Waals surface area contributed by atoms with Crippen LogP contribution >= 0.6 is 24.0 Å². The molecule has 112 valence electrons. The molecule has 1 unspecified atom stereocenters. The molecule has 7 nitrogen and oxygen atoms in total. The summed E-state index contributed by atoms with van der Waals surface area (Å²) < 4.78 is 0.501. The van der Waals surface area contributed by atoms with E-state index >= 15 is 0 Å². The topological polar surface area (TPSA) is 88.4 Å². The highest BCUT2D eigenvalue weighted by molar-refractivity contribution is 8.24. The van der Waals surface area contributed by atoms with Crippen LogP contribution in [0.15, 0.2) is 4.99 Å². The standard InChI is InChI=1S/C11H18N4O3S2/c16-5-3-14(4-6-17)7-8-9(18)15(11(19)20-8)10-12-1-2-13-10/h8,16-17H,1-7H2,(H,12,13). The predicted molar refractivity (Wildman–Crippen MR) is 81.7 cm³/mol. The largest absolute Gasteiger partial charge is 0.395 e. The summed E-state index contributed by atoms with van der Waals surface area (Å²) in [6, 6.07) is 0. The molecule has 1 amide bonds. The molecule has 0 aliphatic carbocycles. The molecular weight excluding hydrogens is 300 g/mol. The van der Waals surface area contributed by atoms with Gasteiger partial charge in [-0.25, -0.2) is 4.90 Å². The van der Waals surface area contributed by atoms with Gasteiger partial charge in [-0.05, 0) is 0 Å². The summed E-state index contributed by atoms with van der Waals surface area (Å²) in [6.45, 7) is 2.67. The van der Waals surface area contributed by atoms with Gasteiger partial charge in [0.1, 0.15) is 5.25 Å². The molecule has 0 aromatic carbocycles. The Bertz CT molecular complexity index is 412. The molecule has 1 fully saturated rings. The summed E-state index contributed by atoms with van der Waals surface area (Å²) >= 11 is 6.57. The Labute approximate surface area is 127 Å².